The highest BCUT2D eigenvalue weighted by atomic mass is 32.1. The Morgan fingerprint density at radius 1 is 1.17 bits per heavy atom. The summed E-state index contributed by atoms with van der Waals surface area (Å²) in [6.07, 6.45) is 0. The maximum atomic E-state index is 6.48. The Balaban J connectivity index is 3.02. The van der Waals surface area contributed by atoms with Gasteiger partial charge in [0.25, 0.3) is 0 Å². The van der Waals surface area contributed by atoms with Gasteiger partial charge in [-0.05, 0) is 41.8 Å². The average molecular weight is 350 g/mol. The quantitative estimate of drug-likeness (QED) is 0.336. The van der Waals surface area contributed by atoms with Gasteiger partial charge < -0.3 is 4.43 Å². The van der Waals surface area contributed by atoms with E-state index < -0.39 is 8.32 Å². The summed E-state index contributed by atoms with van der Waals surface area (Å²) in [6, 6.07) is 10.4. The van der Waals surface area contributed by atoms with Crippen LogP contribution in [0, 0.1) is 11.8 Å². The predicted octanol–water partition coefficient (Wildman–Crippen LogP) is 6.12. The number of hydrogen-bond donors (Lipinski definition) is 0. The van der Waals surface area contributed by atoms with Gasteiger partial charge >= 0.3 is 0 Å². The van der Waals surface area contributed by atoms with Crippen LogP contribution in [0.15, 0.2) is 35.3 Å². The van der Waals surface area contributed by atoms with Crippen LogP contribution in [0.25, 0.3) is 0 Å². The third kappa shape index (κ3) is 5.65. The molecule has 23 heavy (non-hydrogen) atoms. The first-order valence-electron chi connectivity index (χ1n) is 8.36. The fourth-order valence-corrected chi connectivity index (χ4v) is 3.45. The second-order valence-corrected chi connectivity index (χ2v) is 13.0. The molecule has 0 saturated heterocycles. The lowest BCUT2D eigenvalue weighted by Gasteiger charge is -2.38. The van der Waals surface area contributed by atoms with Crippen molar-refractivity contribution in [3.05, 3.63) is 35.9 Å². The van der Waals surface area contributed by atoms with Gasteiger partial charge in [0.15, 0.2) is 8.32 Å². The fourth-order valence-electron chi connectivity index (χ4n) is 2.29. The molecule has 1 aromatic carbocycles. The normalized spacial score (nSPS) is 15.1. The fraction of sp³-hybridized carbons (Fsp3) is 0.632. The van der Waals surface area contributed by atoms with Crippen LogP contribution in [-0.2, 0) is 4.43 Å². The van der Waals surface area contributed by atoms with Gasteiger partial charge in [-0.25, -0.2) is 4.99 Å². The molecule has 0 spiro atoms. The summed E-state index contributed by atoms with van der Waals surface area (Å²) in [5, 5.41) is 2.81. The molecule has 0 unspecified atom stereocenters. The summed E-state index contributed by atoms with van der Waals surface area (Å²) in [5.41, 5.74) is 1.18. The molecule has 0 N–H and O–H groups in total. The Labute approximate surface area is 148 Å². The van der Waals surface area contributed by atoms with E-state index in [9.17, 15) is 0 Å². The first kappa shape index (κ1) is 20.2. The molecule has 4 heteroatoms. The van der Waals surface area contributed by atoms with Crippen LogP contribution in [-0.4, -0.2) is 20.1 Å². The van der Waals surface area contributed by atoms with E-state index >= 15 is 0 Å². The molecule has 0 bridgehead atoms. The van der Waals surface area contributed by atoms with Crippen LogP contribution in [0.5, 0.6) is 0 Å². The zero-order chi connectivity index (χ0) is 17.7. The van der Waals surface area contributed by atoms with Crippen LogP contribution >= 0.6 is 12.2 Å². The lowest BCUT2D eigenvalue weighted by molar-refractivity contribution is 0.171. The van der Waals surface area contributed by atoms with Crippen molar-refractivity contribution in [2.24, 2.45) is 16.8 Å². The summed E-state index contributed by atoms with van der Waals surface area (Å²) in [5.74, 6) is 0.749. The van der Waals surface area contributed by atoms with Gasteiger partial charge in [-0.2, -0.15) is 0 Å². The maximum Gasteiger partial charge on any atom is 0.191 e. The molecule has 0 aliphatic heterocycles. The SMILES string of the molecule is CC(C)[C@H](CO[Si](C)(C)C(C)(C)C)[C@H](N=C=S)c1ccccc1. The first-order valence-corrected chi connectivity index (χ1v) is 11.7. The molecule has 2 nitrogen and oxygen atoms in total. The Hall–Kier alpha value is -0.803. The number of hydrogen-bond acceptors (Lipinski definition) is 3. The zero-order valence-electron chi connectivity index (χ0n) is 15.6. The number of isothiocyanates is 1. The van der Waals surface area contributed by atoms with Gasteiger partial charge in [0.1, 0.15) is 0 Å². The van der Waals surface area contributed by atoms with Crippen molar-refractivity contribution in [1.82, 2.24) is 0 Å². The van der Waals surface area contributed by atoms with Crippen molar-refractivity contribution in [3.63, 3.8) is 0 Å². The van der Waals surface area contributed by atoms with E-state index in [1.54, 1.807) is 0 Å². The van der Waals surface area contributed by atoms with Crippen LogP contribution in [0.4, 0.5) is 0 Å². The van der Waals surface area contributed by atoms with Crippen molar-refractivity contribution in [2.45, 2.75) is 58.8 Å². The standard InChI is InChI=1S/C19H31NOSSi/c1-15(2)17(13-21-23(6,7)19(3,4)5)18(20-14-22)16-11-9-8-10-12-16/h8-12,15,17-18H,13H2,1-7H3/t17-,18+/m0/s1. The molecule has 1 aromatic rings. The molecular formula is C19H31NOSSi. The molecule has 128 valence electrons. The van der Waals surface area contributed by atoms with E-state index in [2.05, 4.69) is 70.0 Å². The largest absolute Gasteiger partial charge is 0.416 e. The van der Waals surface area contributed by atoms with E-state index in [1.807, 2.05) is 18.2 Å². The van der Waals surface area contributed by atoms with Crippen molar-refractivity contribution in [3.8, 4) is 0 Å². The van der Waals surface area contributed by atoms with E-state index in [-0.39, 0.29) is 11.1 Å². The molecule has 0 radical (unpaired) electrons. The van der Waals surface area contributed by atoms with Crippen molar-refractivity contribution in [2.75, 3.05) is 6.61 Å². The highest BCUT2D eigenvalue weighted by Gasteiger charge is 2.38. The highest BCUT2D eigenvalue weighted by Crippen LogP contribution is 2.39. The van der Waals surface area contributed by atoms with Crippen molar-refractivity contribution in [1.29, 1.82) is 0 Å². The van der Waals surface area contributed by atoms with E-state index in [0.717, 1.165) is 0 Å². The van der Waals surface area contributed by atoms with E-state index in [1.165, 1.54) is 5.56 Å². The topological polar surface area (TPSA) is 21.6 Å². The summed E-state index contributed by atoms with van der Waals surface area (Å²) in [7, 11) is -1.77. The van der Waals surface area contributed by atoms with Crippen LogP contribution in [0.1, 0.15) is 46.2 Å². The summed E-state index contributed by atoms with van der Waals surface area (Å²) < 4.78 is 6.48. The number of benzene rings is 1. The monoisotopic (exact) mass is 349 g/mol. The van der Waals surface area contributed by atoms with E-state index in [4.69, 9.17) is 16.6 Å². The highest BCUT2D eigenvalue weighted by molar-refractivity contribution is 7.78. The van der Waals surface area contributed by atoms with Gasteiger partial charge in [-0.3, -0.25) is 0 Å². The molecule has 0 heterocycles. The Bertz CT molecular complexity index is 530. The third-order valence-electron chi connectivity index (χ3n) is 5.04. The number of rotatable bonds is 7. The molecule has 0 aliphatic rings. The van der Waals surface area contributed by atoms with Gasteiger partial charge in [0.05, 0.1) is 11.2 Å². The van der Waals surface area contributed by atoms with Crippen LogP contribution in [0.3, 0.4) is 0 Å². The van der Waals surface area contributed by atoms with Gasteiger partial charge in [-0.1, -0.05) is 65.0 Å². The van der Waals surface area contributed by atoms with Crippen LogP contribution in [0.2, 0.25) is 18.1 Å². The van der Waals surface area contributed by atoms with Gasteiger partial charge in [0, 0.05) is 12.5 Å². The minimum absolute atomic E-state index is 0.0125. The predicted molar refractivity (Wildman–Crippen MR) is 106 cm³/mol. The van der Waals surface area contributed by atoms with E-state index in [0.29, 0.717) is 18.4 Å². The minimum Gasteiger partial charge on any atom is -0.416 e. The second-order valence-electron chi connectivity index (χ2n) is 8.06. The average Bonchev–Trinajstić information content (AvgIpc) is 2.45. The summed E-state index contributed by atoms with van der Waals surface area (Å²) in [4.78, 5) is 4.48. The van der Waals surface area contributed by atoms with Crippen molar-refractivity contribution >= 4 is 25.7 Å². The number of thiocarbonyl (C=S) groups is 1. The summed E-state index contributed by atoms with van der Waals surface area (Å²) in [6.45, 7) is 16.6. The molecule has 1 rings (SSSR count). The number of nitrogens with zero attached hydrogens (tertiary/aromatic N) is 1. The number of aliphatic imine (C=N–C) groups is 1. The molecule has 0 aromatic heterocycles. The first-order chi connectivity index (χ1) is 10.6. The molecule has 2 atom stereocenters. The maximum absolute atomic E-state index is 6.48. The second kappa shape index (κ2) is 8.34. The molecule has 0 saturated carbocycles. The summed E-state index contributed by atoms with van der Waals surface area (Å²) >= 11 is 4.90. The minimum atomic E-state index is -1.77. The molecular weight excluding hydrogens is 318 g/mol. The molecule has 0 amide bonds. The molecule has 0 aliphatic carbocycles. The van der Waals surface area contributed by atoms with Gasteiger partial charge in [-0.15, -0.1) is 0 Å². The lowest BCUT2D eigenvalue weighted by Crippen LogP contribution is -2.43. The Morgan fingerprint density at radius 3 is 2.17 bits per heavy atom. The lowest BCUT2D eigenvalue weighted by atomic mass is 9.85. The Kier molecular flexibility index (Phi) is 7.34. The van der Waals surface area contributed by atoms with Gasteiger partial charge in [0.2, 0.25) is 0 Å². The Morgan fingerprint density at radius 2 is 1.74 bits per heavy atom. The van der Waals surface area contributed by atoms with Crippen molar-refractivity contribution < 1.29 is 4.43 Å². The smallest absolute Gasteiger partial charge is 0.191 e. The third-order valence-corrected chi connectivity index (χ3v) is 9.64. The van der Waals surface area contributed by atoms with Crippen LogP contribution < -0.4 is 0 Å². The molecule has 0 fully saturated rings. The zero-order valence-corrected chi connectivity index (χ0v) is 17.4.